The SMILES string of the molecule is Cc1cc(C(=O)N[C@H]2CC[C@H](NCC(F)(F)F)CC2)nc(-c2cnn(C3CCCCO3)c2)n1. The van der Waals surface area contributed by atoms with E-state index in [4.69, 9.17) is 4.74 Å². The van der Waals surface area contributed by atoms with Crippen molar-refractivity contribution in [1.82, 2.24) is 30.4 Å². The van der Waals surface area contributed by atoms with Crippen LogP contribution in [-0.4, -0.2) is 57.1 Å². The van der Waals surface area contributed by atoms with Crippen molar-refractivity contribution in [2.45, 2.75) is 76.4 Å². The number of alkyl halides is 3. The second kappa shape index (κ2) is 10.2. The van der Waals surface area contributed by atoms with E-state index in [0.717, 1.165) is 19.3 Å². The van der Waals surface area contributed by atoms with Crippen molar-refractivity contribution >= 4 is 5.91 Å². The Labute approximate surface area is 190 Å². The maximum Gasteiger partial charge on any atom is 0.401 e. The summed E-state index contributed by atoms with van der Waals surface area (Å²) in [7, 11) is 0. The van der Waals surface area contributed by atoms with Crippen LogP contribution in [0.2, 0.25) is 0 Å². The largest absolute Gasteiger partial charge is 0.401 e. The number of aryl methyl sites for hydroxylation is 1. The van der Waals surface area contributed by atoms with E-state index in [2.05, 4.69) is 25.7 Å². The highest BCUT2D eigenvalue weighted by atomic mass is 19.4. The number of nitrogens with one attached hydrogen (secondary N) is 2. The molecular weight excluding hydrogens is 437 g/mol. The zero-order valence-electron chi connectivity index (χ0n) is 18.6. The molecule has 8 nitrogen and oxygen atoms in total. The summed E-state index contributed by atoms with van der Waals surface area (Å²) in [4.78, 5) is 21.7. The van der Waals surface area contributed by atoms with Crippen molar-refractivity contribution in [1.29, 1.82) is 0 Å². The quantitative estimate of drug-likeness (QED) is 0.677. The summed E-state index contributed by atoms with van der Waals surface area (Å²) < 4.78 is 44.7. The lowest BCUT2D eigenvalue weighted by Crippen LogP contribution is -2.44. The molecule has 1 saturated carbocycles. The maximum atomic E-state index is 12.8. The maximum absolute atomic E-state index is 12.8. The van der Waals surface area contributed by atoms with Crippen molar-refractivity contribution in [3.8, 4) is 11.4 Å². The third-order valence-electron chi connectivity index (χ3n) is 6.05. The van der Waals surface area contributed by atoms with Gasteiger partial charge in [-0.05, 0) is 57.9 Å². The number of hydrogen-bond donors (Lipinski definition) is 2. The van der Waals surface area contributed by atoms with Gasteiger partial charge in [-0.3, -0.25) is 4.79 Å². The molecule has 1 unspecified atom stereocenters. The predicted octanol–water partition coefficient (Wildman–Crippen LogP) is 3.54. The highest BCUT2D eigenvalue weighted by molar-refractivity contribution is 5.93. The zero-order chi connectivity index (χ0) is 23.4. The third-order valence-corrected chi connectivity index (χ3v) is 6.05. The number of halogens is 3. The molecule has 0 aromatic carbocycles. The normalized spacial score (nSPS) is 23.9. The van der Waals surface area contributed by atoms with Crippen LogP contribution in [-0.2, 0) is 4.74 Å². The molecule has 180 valence electrons. The molecule has 3 heterocycles. The van der Waals surface area contributed by atoms with Gasteiger partial charge in [0.25, 0.3) is 5.91 Å². The monoisotopic (exact) mass is 466 g/mol. The van der Waals surface area contributed by atoms with E-state index in [1.165, 1.54) is 0 Å². The fourth-order valence-corrected chi connectivity index (χ4v) is 4.32. The molecule has 2 aromatic heterocycles. The first-order valence-electron chi connectivity index (χ1n) is 11.4. The molecular formula is C22H29F3N6O2. The van der Waals surface area contributed by atoms with Crippen LogP contribution in [0.4, 0.5) is 13.2 Å². The summed E-state index contributed by atoms with van der Waals surface area (Å²) in [5, 5.41) is 9.91. The lowest BCUT2D eigenvalue weighted by molar-refractivity contribution is -0.126. The number of aromatic nitrogens is 4. The molecule has 2 aliphatic rings. The summed E-state index contributed by atoms with van der Waals surface area (Å²) in [5.41, 5.74) is 1.63. The van der Waals surface area contributed by atoms with E-state index in [-0.39, 0.29) is 29.9 Å². The molecule has 0 bridgehead atoms. The highest BCUT2D eigenvalue weighted by Gasteiger charge is 2.30. The van der Waals surface area contributed by atoms with E-state index in [9.17, 15) is 18.0 Å². The van der Waals surface area contributed by atoms with Gasteiger partial charge in [-0.15, -0.1) is 0 Å². The molecule has 2 N–H and O–H groups in total. The van der Waals surface area contributed by atoms with Crippen molar-refractivity contribution < 1.29 is 22.7 Å². The topological polar surface area (TPSA) is 94.0 Å². The first-order chi connectivity index (χ1) is 15.8. The van der Waals surface area contributed by atoms with E-state index < -0.39 is 12.7 Å². The van der Waals surface area contributed by atoms with Crippen LogP contribution in [0, 0.1) is 6.92 Å². The Morgan fingerprint density at radius 1 is 1.15 bits per heavy atom. The van der Waals surface area contributed by atoms with Gasteiger partial charge in [0.1, 0.15) is 11.9 Å². The minimum Gasteiger partial charge on any atom is -0.357 e. The smallest absolute Gasteiger partial charge is 0.357 e. The number of hydrogen-bond acceptors (Lipinski definition) is 6. The van der Waals surface area contributed by atoms with Gasteiger partial charge in [-0.2, -0.15) is 18.3 Å². The highest BCUT2D eigenvalue weighted by Crippen LogP contribution is 2.25. The molecule has 0 spiro atoms. The van der Waals surface area contributed by atoms with Crippen LogP contribution in [0.15, 0.2) is 18.5 Å². The van der Waals surface area contributed by atoms with Gasteiger partial charge in [0.05, 0.1) is 18.3 Å². The van der Waals surface area contributed by atoms with Crippen molar-refractivity contribution in [2.24, 2.45) is 0 Å². The van der Waals surface area contributed by atoms with E-state index in [1.807, 2.05) is 6.20 Å². The van der Waals surface area contributed by atoms with E-state index >= 15 is 0 Å². The second-order valence-corrected chi connectivity index (χ2v) is 8.77. The standard InChI is InChI=1S/C22H29F3N6O2/c1-14-10-18(21(32)29-17-7-5-16(6-8-17)26-13-22(23,24)25)30-20(28-14)15-11-27-31(12-15)19-4-2-3-9-33-19/h10-12,16-17,19,26H,2-9,13H2,1H3,(H,29,32)/t16-,17-,19?. The molecule has 1 amide bonds. The molecule has 1 aliphatic heterocycles. The fraction of sp³-hybridized carbons (Fsp3) is 0.636. The Morgan fingerprint density at radius 2 is 1.91 bits per heavy atom. The molecule has 0 radical (unpaired) electrons. The molecule has 4 rings (SSSR count). The van der Waals surface area contributed by atoms with E-state index in [0.29, 0.717) is 49.4 Å². The number of nitrogens with zero attached hydrogens (tertiary/aromatic N) is 4. The predicted molar refractivity (Wildman–Crippen MR) is 114 cm³/mol. The molecule has 11 heteroatoms. The first-order valence-corrected chi connectivity index (χ1v) is 11.4. The van der Waals surface area contributed by atoms with E-state index in [1.54, 1.807) is 23.9 Å². The average Bonchev–Trinajstić information content (AvgIpc) is 3.29. The summed E-state index contributed by atoms with van der Waals surface area (Å²) >= 11 is 0. The molecule has 33 heavy (non-hydrogen) atoms. The van der Waals surface area contributed by atoms with Crippen LogP contribution in [0.25, 0.3) is 11.4 Å². The Kier molecular flexibility index (Phi) is 7.28. The van der Waals surface area contributed by atoms with Crippen molar-refractivity contribution in [2.75, 3.05) is 13.2 Å². The average molecular weight is 467 g/mol. The first kappa shape index (κ1) is 23.6. The van der Waals surface area contributed by atoms with Gasteiger partial charge in [-0.25, -0.2) is 14.6 Å². The van der Waals surface area contributed by atoms with Gasteiger partial charge in [0.15, 0.2) is 5.82 Å². The molecule has 1 saturated heterocycles. The summed E-state index contributed by atoms with van der Waals surface area (Å²) in [5.74, 6) is 0.110. The molecule has 1 aliphatic carbocycles. The zero-order valence-corrected chi connectivity index (χ0v) is 18.6. The third kappa shape index (κ3) is 6.50. The Bertz CT molecular complexity index is 950. The van der Waals surface area contributed by atoms with Crippen LogP contribution in [0.3, 0.4) is 0 Å². The summed E-state index contributed by atoms with van der Waals surface area (Å²) in [6.07, 6.45) is 4.63. The molecule has 2 fully saturated rings. The number of carbonyl (C=O) groups is 1. The Morgan fingerprint density at radius 3 is 2.61 bits per heavy atom. The lowest BCUT2D eigenvalue weighted by atomic mass is 9.91. The number of carbonyl (C=O) groups excluding carboxylic acids is 1. The summed E-state index contributed by atoms with van der Waals surface area (Å²) in [6, 6.07) is 1.35. The Balaban J connectivity index is 1.36. The minimum atomic E-state index is -4.21. The molecule has 1 atom stereocenters. The van der Waals surface area contributed by atoms with Gasteiger partial charge < -0.3 is 15.4 Å². The van der Waals surface area contributed by atoms with Crippen LogP contribution < -0.4 is 10.6 Å². The lowest BCUT2D eigenvalue weighted by Gasteiger charge is -2.30. The van der Waals surface area contributed by atoms with Crippen molar-refractivity contribution in [3.63, 3.8) is 0 Å². The van der Waals surface area contributed by atoms with Gasteiger partial charge >= 0.3 is 6.18 Å². The van der Waals surface area contributed by atoms with Crippen LogP contribution in [0.5, 0.6) is 0 Å². The van der Waals surface area contributed by atoms with Gasteiger partial charge in [-0.1, -0.05) is 0 Å². The number of ether oxygens (including phenoxy) is 1. The summed E-state index contributed by atoms with van der Waals surface area (Å²) in [6.45, 7) is 1.53. The number of amides is 1. The number of rotatable bonds is 6. The van der Waals surface area contributed by atoms with Crippen LogP contribution in [0.1, 0.15) is 67.4 Å². The fourth-order valence-electron chi connectivity index (χ4n) is 4.32. The minimum absolute atomic E-state index is 0.0913. The van der Waals surface area contributed by atoms with Gasteiger partial charge in [0.2, 0.25) is 0 Å². The second-order valence-electron chi connectivity index (χ2n) is 8.77. The van der Waals surface area contributed by atoms with Gasteiger partial charge in [0, 0.05) is 30.6 Å². The van der Waals surface area contributed by atoms with Crippen molar-refractivity contribution in [3.05, 3.63) is 29.8 Å². The Hall–Kier alpha value is -2.53. The molecule has 2 aromatic rings. The van der Waals surface area contributed by atoms with Crippen LogP contribution >= 0.6 is 0 Å².